The molecule has 0 radical (unpaired) electrons. The van der Waals surface area contributed by atoms with E-state index in [1.807, 2.05) is 0 Å². The lowest BCUT2D eigenvalue weighted by atomic mass is 10.2. The Morgan fingerprint density at radius 3 is 2.67 bits per heavy atom. The van der Waals surface area contributed by atoms with E-state index >= 15 is 0 Å². The maximum absolute atomic E-state index is 11.4. The molecule has 15 heavy (non-hydrogen) atoms. The summed E-state index contributed by atoms with van der Waals surface area (Å²) in [6.07, 6.45) is 0.290. The van der Waals surface area contributed by atoms with Crippen molar-refractivity contribution >= 4 is 11.9 Å². The smallest absolute Gasteiger partial charge is 0.326 e. The Bertz CT molecular complexity index is 374. The average molecular weight is 213 g/mol. The maximum Gasteiger partial charge on any atom is 0.326 e. The summed E-state index contributed by atoms with van der Waals surface area (Å²) in [5.74, 6) is -1.65. The number of rotatable bonds is 4. The van der Waals surface area contributed by atoms with Crippen LogP contribution in [0.25, 0.3) is 0 Å². The molecule has 0 aromatic carbocycles. The van der Waals surface area contributed by atoms with Gasteiger partial charge in [-0.05, 0) is 6.42 Å². The predicted molar refractivity (Wildman–Crippen MR) is 48.2 cm³/mol. The number of hydrogen-bond acceptors (Lipinski definition) is 5. The number of aryl methyl sites for hydroxylation is 1. The fraction of sp³-hybridized carbons (Fsp3) is 0.500. The van der Waals surface area contributed by atoms with Crippen LogP contribution in [0.4, 0.5) is 0 Å². The SMILES string of the molecule is CC[C@@H](NC(=O)c1noc(C)n1)C(=O)O. The molecule has 0 saturated carbocycles. The Hall–Kier alpha value is -1.92. The van der Waals surface area contributed by atoms with E-state index in [0.29, 0.717) is 0 Å². The van der Waals surface area contributed by atoms with E-state index in [1.165, 1.54) is 6.92 Å². The maximum atomic E-state index is 11.4. The van der Waals surface area contributed by atoms with Crippen molar-refractivity contribution in [3.8, 4) is 0 Å². The monoisotopic (exact) mass is 213 g/mol. The number of carboxylic acids is 1. The summed E-state index contributed by atoms with van der Waals surface area (Å²) in [6, 6.07) is -0.934. The lowest BCUT2D eigenvalue weighted by Crippen LogP contribution is -2.40. The number of aliphatic carboxylic acids is 1. The lowest BCUT2D eigenvalue weighted by Gasteiger charge is -2.09. The molecule has 7 heteroatoms. The van der Waals surface area contributed by atoms with Gasteiger partial charge in [0.1, 0.15) is 6.04 Å². The van der Waals surface area contributed by atoms with Crippen LogP contribution in [-0.2, 0) is 4.79 Å². The topological polar surface area (TPSA) is 105 Å². The van der Waals surface area contributed by atoms with Crippen molar-refractivity contribution in [1.29, 1.82) is 0 Å². The fourth-order valence-electron chi connectivity index (χ4n) is 0.953. The molecule has 0 aliphatic heterocycles. The number of nitrogens with one attached hydrogen (secondary N) is 1. The van der Waals surface area contributed by atoms with Crippen molar-refractivity contribution in [1.82, 2.24) is 15.5 Å². The van der Waals surface area contributed by atoms with E-state index in [1.54, 1.807) is 6.92 Å². The molecular formula is C8H11N3O4. The number of carboxylic acid groups (broad SMARTS) is 1. The molecule has 1 aromatic heterocycles. The minimum atomic E-state index is -1.09. The summed E-state index contributed by atoms with van der Waals surface area (Å²) < 4.78 is 4.59. The van der Waals surface area contributed by atoms with E-state index in [9.17, 15) is 9.59 Å². The molecule has 1 atom stereocenters. The van der Waals surface area contributed by atoms with Crippen molar-refractivity contribution < 1.29 is 19.2 Å². The standard InChI is InChI=1S/C8H11N3O4/c1-3-5(8(13)14)10-7(12)6-9-4(2)15-11-6/h5H,3H2,1-2H3,(H,10,12)(H,13,14)/t5-/m1/s1. The number of hydrogen-bond donors (Lipinski definition) is 2. The van der Waals surface area contributed by atoms with Crippen molar-refractivity contribution in [2.75, 3.05) is 0 Å². The molecule has 0 bridgehead atoms. The van der Waals surface area contributed by atoms with Crippen LogP contribution in [-0.4, -0.2) is 33.2 Å². The van der Waals surface area contributed by atoms with Gasteiger partial charge in [0.25, 0.3) is 11.7 Å². The van der Waals surface area contributed by atoms with Crippen molar-refractivity contribution in [2.24, 2.45) is 0 Å². The van der Waals surface area contributed by atoms with Gasteiger partial charge in [0.2, 0.25) is 5.89 Å². The van der Waals surface area contributed by atoms with Crippen LogP contribution in [0, 0.1) is 6.92 Å². The number of nitrogens with zero attached hydrogens (tertiary/aromatic N) is 2. The predicted octanol–water partition coefficient (Wildman–Crippen LogP) is -0.0290. The molecule has 0 saturated heterocycles. The largest absolute Gasteiger partial charge is 0.480 e. The van der Waals surface area contributed by atoms with Gasteiger partial charge < -0.3 is 14.9 Å². The summed E-state index contributed by atoms with van der Waals surface area (Å²) in [5.41, 5.74) is 0. The summed E-state index contributed by atoms with van der Waals surface area (Å²) in [7, 11) is 0. The first-order chi connectivity index (χ1) is 7.04. The normalized spacial score (nSPS) is 12.1. The van der Waals surface area contributed by atoms with Crippen LogP contribution >= 0.6 is 0 Å². The molecule has 0 aliphatic rings. The van der Waals surface area contributed by atoms with Gasteiger partial charge >= 0.3 is 5.97 Å². The van der Waals surface area contributed by atoms with Crippen molar-refractivity contribution in [2.45, 2.75) is 26.3 Å². The number of carbonyl (C=O) groups is 2. The van der Waals surface area contributed by atoms with Crippen LogP contribution in [0.15, 0.2) is 4.52 Å². The van der Waals surface area contributed by atoms with Gasteiger partial charge in [-0.3, -0.25) is 4.79 Å². The fourth-order valence-corrected chi connectivity index (χ4v) is 0.953. The van der Waals surface area contributed by atoms with E-state index in [2.05, 4.69) is 20.0 Å². The number of carbonyl (C=O) groups excluding carboxylic acids is 1. The highest BCUT2D eigenvalue weighted by molar-refractivity contribution is 5.93. The Morgan fingerprint density at radius 1 is 1.60 bits per heavy atom. The molecule has 82 valence electrons. The molecule has 1 rings (SSSR count). The molecule has 0 unspecified atom stereocenters. The zero-order chi connectivity index (χ0) is 11.4. The quantitative estimate of drug-likeness (QED) is 0.727. The summed E-state index contributed by atoms with van der Waals surface area (Å²) in [5, 5.41) is 14.3. The first kappa shape index (κ1) is 11.2. The van der Waals surface area contributed by atoms with Gasteiger partial charge in [0, 0.05) is 6.92 Å². The lowest BCUT2D eigenvalue weighted by molar-refractivity contribution is -0.139. The molecule has 0 aliphatic carbocycles. The zero-order valence-electron chi connectivity index (χ0n) is 8.35. The molecule has 7 nitrogen and oxygen atoms in total. The van der Waals surface area contributed by atoms with Gasteiger partial charge in [-0.1, -0.05) is 12.1 Å². The van der Waals surface area contributed by atoms with Crippen LogP contribution in [0.3, 0.4) is 0 Å². The summed E-state index contributed by atoms with van der Waals surface area (Å²) >= 11 is 0. The highest BCUT2D eigenvalue weighted by Crippen LogP contribution is 1.97. The molecule has 1 amide bonds. The third-order valence-corrected chi connectivity index (χ3v) is 1.74. The highest BCUT2D eigenvalue weighted by atomic mass is 16.5. The van der Waals surface area contributed by atoms with Crippen LogP contribution in [0.1, 0.15) is 29.9 Å². The Kier molecular flexibility index (Phi) is 3.37. The first-order valence-corrected chi connectivity index (χ1v) is 4.38. The van der Waals surface area contributed by atoms with E-state index in [4.69, 9.17) is 5.11 Å². The van der Waals surface area contributed by atoms with Crippen LogP contribution in [0.2, 0.25) is 0 Å². The summed E-state index contributed by atoms with van der Waals surface area (Å²) in [4.78, 5) is 25.7. The second-order valence-electron chi connectivity index (χ2n) is 2.91. The number of amides is 1. The van der Waals surface area contributed by atoms with E-state index < -0.39 is 17.9 Å². The van der Waals surface area contributed by atoms with Gasteiger partial charge in [0.15, 0.2) is 0 Å². The van der Waals surface area contributed by atoms with Gasteiger partial charge in [0.05, 0.1) is 0 Å². The third kappa shape index (κ3) is 2.76. The molecule has 0 spiro atoms. The highest BCUT2D eigenvalue weighted by Gasteiger charge is 2.21. The zero-order valence-corrected chi connectivity index (χ0v) is 8.35. The van der Waals surface area contributed by atoms with Gasteiger partial charge in [-0.2, -0.15) is 4.98 Å². The van der Waals surface area contributed by atoms with Crippen LogP contribution < -0.4 is 5.32 Å². The molecular weight excluding hydrogens is 202 g/mol. The summed E-state index contributed by atoms with van der Waals surface area (Å²) in [6.45, 7) is 3.19. The van der Waals surface area contributed by atoms with E-state index in [0.717, 1.165) is 0 Å². The van der Waals surface area contributed by atoms with Crippen molar-refractivity contribution in [3.63, 3.8) is 0 Å². The second-order valence-corrected chi connectivity index (χ2v) is 2.91. The molecule has 1 heterocycles. The van der Waals surface area contributed by atoms with E-state index in [-0.39, 0.29) is 18.1 Å². The minimum absolute atomic E-state index is 0.160. The second kappa shape index (κ2) is 4.54. The third-order valence-electron chi connectivity index (χ3n) is 1.74. The van der Waals surface area contributed by atoms with Gasteiger partial charge in [-0.15, -0.1) is 0 Å². The van der Waals surface area contributed by atoms with Gasteiger partial charge in [-0.25, -0.2) is 4.79 Å². The van der Waals surface area contributed by atoms with Crippen molar-refractivity contribution in [3.05, 3.63) is 11.7 Å². The average Bonchev–Trinajstić information content (AvgIpc) is 2.60. The Labute approximate surface area is 85.5 Å². The molecule has 1 aromatic rings. The Morgan fingerprint density at radius 2 is 2.27 bits per heavy atom. The minimum Gasteiger partial charge on any atom is -0.480 e. The molecule has 0 fully saturated rings. The number of aromatic nitrogens is 2. The van der Waals surface area contributed by atoms with Crippen LogP contribution in [0.5, 0.6) is 0 Å². The Balaban J connectivity index is 2.66. The first-order valence-electron chi connectivity index (χ1n) is 4.38. The molecule has 2 N–H and O–H groups in total.